The summed E-state index contributed by atoms with van der Waals surface area (Å²) in [7, 11) is 2.32. The number of rotatable bonds is 3. The number of nitrogens with two attached hydrogens (primary N) is 1. The van der Waals surface area contributed by atoms with Crippen LogP contribution in [0.5, 0.6) is 0 Å². The van der Waals surface area contributed by atoms with Crippen molar-refractivity contribution < 1.29 is 4.65 Å². The Morgan fingerprint density at radius 1 is 1.88 bits per heavy atom. The Bertz CT molecular complexity index is 102. The highest BCUT2D eigenvalue weighted by Crippen LogP contribution is 1.80. The van der Waals surface area contributed by atoms with Crippen LogP contribution in [0.25, 0.3) is 0 Å². The molecule has 0 saturated heterocycles. The van der Waals surface area contributed by atoms with E-state index in [0.29, 0.717) is 13.1 Å². The first kappa shape index (κ1) is 7.21. The molecule has 0 aliphatic carbocycles. The van der Waals surface area contributed by atoms with Gasteiger partial charge in [-0.1, -0.05) is 12.6 Å². The molecule has 0 rings (SSSR count). The van der Waals surface area contributed by atoms with Crippen molar-refractivity contribution in [2.45, 2.75) is 0 Å². The van der Waals surface area contributed by atoms with Crippen LogP contribution in [0.15, 0.2) is 24.4 Å². The summed E-state index contributed by atoms with van der Waals surface area (Å²) in [6.07, 6.45) is 1.45. The first-order valence-electron chi connectivity index (χ1n) is 2.42. The molecular formula is C4H9B2NO. The van der Waals surface area contributed by atoms with E-state index in [9.17, 15) is 0 Å². The highest BCUT2D eigenvalue weighted by Gasteiger charge is 1.81. The zero-order valence-corrected chi connectivity index (χ0v) is 5.05. The Labute approximate surface area is 51.1 Å². The maximum Gasteiger partial charge on any atom is 0.366 e. The van der Waals surface area contributed by atoms with Gasteiger partial charge in [-0.3, -0.25) is 0 Å². The van der Waals surface area contributed by atoms with E-state index in [1.54, 1.807) is 13.8 Å². The maximum atomic E-state index is 5.02. The van der Waals surface area contributed by atoms with Gasteiger partial charge < -0.3 is 10.4 Å². The first-order chi connectivity index (χ1) is 3.77. The minimum Gasteiger partial charge on any atom is -0.571 e. The summed E-state index contributed by atoms with van der Waals surface area (Å²) in [5.74, 6) is 1.72. The second-order valence-corrected chi connectivity index (χ2v) is 1.44. The fourth-order valence-electron chi connectivity index (χ4n) is 0.246. The zero-order chi connectivity index (χ0) is 6.41. The van der Waals surface area contributed by atoms with E-state index >= 15 is 0 Å². The highest BCUT2D eigenvalue weighted by molar-refractivity contribution is 6.36. The molecule has 0 aliphatic heterocycles. The average Bonchev–Trinajstić information content (AvgIpc) is 1.66. The fourth-order valence-corrected chi connectivity index (χ4v) is 0.246. The zero-order valence-electron chi connectivity index (χ0n) is 5.05. The van der Waals surface area contributed by atoms with Crippen molar-refractivity contribution in [3.05, 3.63) is 24.4 Å². The van der Waals surface area contributed by atoms with Crippen LogP contribution in [-0.4, -0.2) is 15.3 Å². The lowest BCUT2D eigenvalue weighted by atomic mass is 10.00. The molecule has 0 aromatic rings. The van der Waals surface area contributed by atoms with Crippen molar-refractivity contribution in [3.63, 3.8) is 0 Å². The van der Waals surface area contributed by atoms with Crippen molar-refractivity contribution >= 4 is 15.3 Å². The van der Waals surface area contributed by atoms with Gasteiger partial charge in [0.1, 0.15) is 0 Å². The normalized spacial score (nSPS) is 9.00. The average molecular weight is 109 g/mol. The third-order valence-electron chi connectivity index (χ3n) is 0.562. The van der Waals surface area contributed by atoms with E-state index in [1.165, 1.54) is 6.20 Å². The van der Waals surface area contributed by atoms with Crippen LogP contribution in [0.1, 0.15) is 0 Å². The second-order valence-electron chi connectivity index (χ2n) is 1.44. The minimum absolute atomic E-state index is 0.520. The molecule has 8 heavy (non-hydrogen) atoms. The van der Waals surface area contributed by atoms with Gasteiger partial charge in [0.05, 0.1) is 0 Å². The van der Waals surface area contributed by atoms with Crippen molar-refractivity contribution in [1.82, 2.24) is 0 Å². The molecule has 0 atom stereocenters. The van der Waals surface area contributed by atoms with Gasteiger partial charge in [0.15, 0.2) is 7.85 Å². The van der Waals surface area contributed by atoms with Crippen molar-refractivity contribution in [1.29, 1.82) is 0 Å². The molecule has 0 aromatic heterocycles. The lowest BCUT2D eigenvalue weighted by molar-refractivity contribution is 0.504. The Kier molecular flexibility index (Phi) is 3.94. The van der Waals surface area contributed by atoms with E-state index in [4.69, 9.17) is 10.4 Å². The van der Waals surface area contributed by atoms with Crippen molar-refractivity contribution in [2.24, 2.45) is 5.73 Å². The fraction of sp³-hybridized carbons (Fsp3) is 0. The molecule has 0 fully saturated rings. The van der Waals surface area contributed by atoms with Gasteiger partial charge >= 0.3 is 7.48 Å². The Hall–Kier alpha value is -0.790. The van der Waals surface area contributed by atoms with Crippen LogP contribution in [0.4, 0.5) is 0 Å². The summed E-state index contributed by atoms with van der Waals surface area (Å²) in [6.45, 7) is 3.53. The summed E-state index contributed by atoms with van der Waals surface area (Å²) in [5, 5.41) is 0. The van der Waals surface area contributed by atoms with E-state index in [0.717, 1.165) is 0 Å². The molecule has 4 heteroatoms. The van der Waals surface area contributed by atoms with E-state index in [2.05, 4.69) is 6.58 Å². The molecule has 0 amide bonds. The molecule has 0 bridgehead atoms. The van der Waals surface area contributed by atoms with Gasteiger partial charge in [-0.15, -0.1) is 0 Å². The van der Waals surface area contributed by atoms with Crippen molar-refractivity contribution in [2.75, 3.05) is 0 Å². The van der Waals surface area contributed by atoms with E-state index in [-0.39, 0.29) is 0 Å². The predicted octanol–water partition coefficient (Wildman–Crippen LogP) is -1.11. The van der Waals surface area contributed by atoms with Crippen molar-refractivity contribution in [3.8, 4) is 0 Å². The highest BCUT2D eigenvalue weighted by atomic mass is 16.4. The molecule has 0 spiro atoms. The molecule has 0 saturated carbocycles. The SMILES string of the molecule is BC(=C)OB/C=C\N. The topological polar surface area (TPSA) is 35.2 Å². The molecule has 0 aromatic carbocycles. The van der Waals surface area contributed by atoms with Gasteiger partial charge in [0.25, 0.3) is 0 Å². The molecule has 0 radical (unpaired) electrons. The minimum atomic E-state index is 0.520. The third-order valence-corrected chi connectivity index (χ3v) is 0.562. The monoisotopic (exact) mass is 109 g/mol. The molecule has 0 aliphatic rings. The summed E-state index contributed by atoms with van der Waals surface area (Å²) in [5.41, 5.74) is 5.74. The summed E-state index contributed by atoms with van der Waals surface area (Å²) in [4.78, 5) is 0. The van der Waals surface area contributed by atoms with E-state index < -0.39 is 0 Å². The Morgan fingerprint density at radius 3 is 2.88 bits per heavy atom. The van der Waals surface area contributed by atoms with Gasteiger partial charge in [0, 0.05) is 5.66 Å². The lowest BCUT2D eigenvalue weighted by Gasteiger charge is -1.97. The van der Waals surface area contributed by atoms with Gasteiger partial charge in [-0.25, -0.2) is 0 Å². The summed E-state index contributed by atoms with van der Waals surface area (Å²) in [6, 6.07) is 0. The van der Waals surface area contributed by atoms with Crippen LogP contribution in [0, 0.1) is 0 Å². The number of hydrogen-bond donors (Lipinski definition) is 1. The predicted molar refractivity (Wildman–Crippen MR) is 39.2 cm³/mol. The maximum absolute atomic E-state index is 5.02. The number of hydrogen-bond acceptors (Lipinski definition) is 2. The molecule has 0 heterocycles. The van der Waals surface area contributed by atoms with Gasteiger partial charge in [0.2, 0.25) is 0 Å². The summed E-state index contributed by atoms with van der Waals surface area (Å²) >= 11 is 0. The lowest BCUT2D eigenvalue weighted by Crippen LogP contribution is -1.94. The second kappa shape index (κ2) is 4.37. The molecule has 2 nitrogen and oxygen atoms in total. The first-order valence-corrected chi connectivity index (χ1v) is 2.42. The van der Waals surface area contributed by atoms with Crippen LogP contribution >= 0.6 is 0 Å². The van der Waals surface area contributed by atoms with Gasteiger partial charge in [-0.2, -0.15) is 0 Å². The molecular weight excluding hydrogens is 99.7 g/mol. The van der Waals surface area contributed by atoms with E-state index in [1.807, 2.05) is 0 Å². The van der Waals surface area contributed by atoms with Crippen LogP contribution in [0.2, 0.25) is 0 Å². The van der Waals surface area contributed by atoms with Crippen LogP contribution < -0.4 is 5.73 Å². The van der Waals surface area contributed by atoms with Crippen LogP contribution in [0.3, 0.4) is 0 Å². The Balaban J connectivity index is 3.05. The smallest absolute Gasteiger partial charge is 0.366 e. The molecule has 42 valence electrons. The van der Waals surface area contributed by atoms with Gasteiger partial charge in [-0.05, 0) is 6.20 Å². The largest absolute Gasteiger partial charge is 0.571 e. The van der Waals surface area contributed by atoms with Crippen LogP contribution in [-0.2, 0) is 4.65 Å². The third kappa shape index (κ3) is 5.21. The Morgan fingerprint density at radius 2 is 2.50 bits per heavy atom. The standard InChI is InChI=1S/C4H9B2NO/c1-4(5)8-6-2-3-7/h2-3,6H,1,5,7H2/b3-2-. The molecule has 0 unspecified atom stereocenters. The summed E-state index contributed by atoms with van der Waals surface area (Å²) < 4.78 is 4.92. The molecule has 2 N–H and O–H groups in total. The quantitative estimate of drug-likeness (QED) is 0.368.